The van der Waals surface area contributed by atoms with Gasteiger partial charge in [0.15, 0.2) is 5.43 Å². The number of ether oxygens (including phenoxy) is 1. The van der Waals surface area contributed by atoms with Gasteiger partial charge >= 0.3 is 5.97 Å². The maximum atomic E-state index is 12.6. The lowest BCUT2D eigenvalue weighted by atomic mass is 10.1. The van der Waals surface area contributed by atoms with Gasteiger partial charge in [0, 0.05) is 17.7 Å². The van der Waals surface area contributed by atoms with E-state index in [1.54, 1.807) is 48.5 Å². The summed E-state index contributed by atoms with van der Waals surface area (Å²) < 4.78 is 10.9. The van der Waals surface area contributed by atoms with Crippen molar-refractivity contribution in [2.45, 2.75) is 25.0 Å². The van der Waals surface area contributed by atoms with Crippen molar-refractivity contribution in [2.24, 2.45) is 0 Å². The van der Waals surface area contributed by atoms with Crippen molar-refractivity contribution in [3.63, 3.8) is 0 Å². The Morgan fingerprint density at radius 1 is 1.04 bits per heavy atom. The molecule has 0 radical (unpaired) electrons. The molecule has 0 spiro atoms. The molecule has 1 fully saturated rings. The third-order valence-corrected chi connectivity index (χ3v) is 4.32. The van der Waals surface area contributed by atoms with Crippen LogP contribution in [-0.2, 0) is 9.53 Å². The van der Waals surface area contributed by atoms with Crippen LogP contribution in [-0.4, -0.2) is 17.9 Å². The zero-order valence-electron chi connectivity index (χ0n) is 14.4. The van der Waals surface area contributed by atoms with Gasteiger partial charge in [-0.1, -0.05) is 42.5 Å². The Morgan fingerprint density at radius 3 is 2.48 bits per heavy atom. The summed E-state index contributed by atoms with van der Waals surface area (Å²) in [6.45, 7) is 0. The minimum absolute atomic E-state index is 0.126. The van der Waals surface area contributed by atoms with Crippen molar-refractivity contribution in [3.05, 3.63) is 82.2 Å². The number of rotatable bonds is 5. The Balaban J connectivity index is 1.63. The summed E-state index contributed by atoms with van der Waals surface area (Å²) in [5, 5.41) is 3.22. The minimum Gasteiger partial charge on any atom is -0.449 e. The quantitative estimate of drug-likeness (QED) is 0.705. The molecule has 1 amide bonds. The van der Waals surface area contributed by atoms with E-state index in [0.717, 1.165) is 18.9 Å². The molecular formula is C21H17NO5. The van der Waals surface area contributed by atoms with Gasteiger partial charge in [-0.25, -0.2) is 4.79 Å². The van der Waals surface area contributed by atoms with E-state index in [-0.39, 0.29) is 28.7 Å². The molecule has 3 aromatic rings. The van der Waals surface area contributed by atoms with Gasteiger partial charge in [-0.05, 0) is 25.0 Å². The van der Waals surface area contributed by atoms with Crippen molar-refractivity contribution < 1.29 is 18.7 Å². The van der Waals surface area contributed by atoms with Gasteiger partial charge in [0.1, 0.15) is 5.58 Å². The van der Waals surface area contributed by atoms with Crippen molar-refractivity contribution in [3.8, 4) is 0 Å². The van der Waals surface area contributed by atoms with Crippen LogP contribution in [0.4, 0.5) is 0 Å². The second kappa shape index (κ2) is 7.07. The lowest BCUT2D eigenvalue weighted by molar-refractivity contribution is -0.130. The molecule has 1 aromatic heterocycles. The average Bonchev–Trinajstić information content (AvgIpc) is 3.50. The largest absolute Gasteiger partial charge is 0.449 e. The van der Waals surface area contributed by atoms with E-state index >= 15 is 0 Å². The smallest absolute Gasteiger partial charge is 0.375 e. The monoisotopic (exact) mass is 363 g/mol. The average molecular weight is 363 g/mol. The molecule has 1 atom stereocenters. The second-order valence-corrected chi connectivity index (χ2v) is 6.45. The van der Waals surface area contributed by atoms with E-state index in [1.807, 2.05) is 6.07 Å². The molecule has 1 heterocycles. The highest BCUT2D eigenvalue weighted by Crippen LogP contribution is 2.24. The third kappa shape index (κ3) is 3.74. The van der Waals surface area contributed by atoms with Crippen molar-refractivity contribution in [2.75, 3.05) is 0 Å². The maximum absolute atomic E-state index is 12.6. The lowest BCUT2D eigenvalue weighted by Crippen LogP contribution is -2.33. The Labute approximate surface area is 154 Å². The normalized spacial score (nSPS) is 14.5. The van der Waals surface area contributed by atoms with E-state index in [2.05, 4.69) is 5.32 Å². The number of fused-ring (bicyclic) bond motifs is 1. The lowest BCUT2D eigenvalue weighted by Gasteiger charge is -2.17. The Kier molecular flexibility index (Phi) is 4.46. The third-order valence-electron chi connectivity index (χ3n) is 4.32. The molecule has 1 aliphatic rings. The fraction of sp³-hybridized carbons (Fsp3) is 0.190. The van der Waals surface area contributed by atoms with Crippen LogP contribution in [0.15, 0.2) is 69.9 Å². The van der Waals surface area contributed by atoms with Gasteiger partial charge < -0.3 is 14.5 Å². The minimum atomic E-state index is -1.11. The molecule has 6 nitrogen and oxygen atoms in total. The number of nitrogens with one attached hydrogen (secondary N) is 1. The molecule has 1 aliphatic carbocycles. The van der Waals surface area contributed by atoms with Crippen molar-refractivity contribution in [1.82, 2.24) is 5.32 Å². The molecule has 1 saturated carbocycles. The summed E-state index contributed by atoms with van der Waals surface area (Å²) in [6.07, 6.45) is 0.720. The van der Waals surface area contributed by atoms with Crippen LogP contribution in [0.25, 0.3) is 11.0 Å². The molecule has 0 bridgehead atoms. The predicted octanol–water partition coefficient (Wildman–Crippen LogP) is 2.97. The van der Waals surface area contributed by atoms with Crippen LogP contribution < -0.4 is 10.7 Å². The number of hydrogen-bond donors (Lipinski definition) is 1. The number of amides is 1. The molecule has 136 valence electrons. The molecule has 0 aliphatic heterocycles. The fourth-order valence-corrected chi connectivity index (χ4v) is 2.77. The van der Waals surface area contributed by atoms with Crippen LogP contribution >= 0.6 is 0 Å². The fourth-order valence-electron chi connectivity index (χ4n) is 2.77. The highest BCUT2D eigenvalue weighted by Gasteiger charge is 2.31. The number of benzene rings is 2. The van der Waals surface area contributed by atoms with E-state index in [4.69, 9.17) is 9.15 Å². The van der Waals surface area contributed by atoms with Gasteiger partial charge in [-0.3, -0.25) is 9.59 Å². The molecule has 4 rings (SSSR count). The van der Waals surface area contributed by atoms with Gasteiger partial charge in [-0.15, -0.1) is 0 Å². The van der Waals surface area contributed by atoms with Gasteiger partial charge in [0.05, 0.1) is 5.39 Å². The molecular weight excluding hydrogens is 346 g/mol. The Morgan fingerprint density at radius 2 is 1.74 bits per heavy atom. The number of carbonyl (C=O) groups is 2. The summed E-state index contributed by atoms with van der Waals surface area (Å²) in [5.41, 5.74) is 0.491. The van der Waals surface area contributed by atoms with Crippen molar-refractivity contribution in [1.29, 1.82) is 0 Å². The number of esters is 1. The second-order valence-electron chi connectivity index (χ2n) is 6.45. The molecule has 0 unspecified atom stereocenters. The van der Waals surface area contributed by atoms with E-state index < -0.39 is 12.1 Å². The zero-order chi connectivity index (χ0) is 18.8. The van der Waals surface area contributed by atoms with Crippen LogP contribution in [0.2, 0.25) is 0 Å². The highest BCUT2D eigenvalue weighted by molar-refractivity contribution is 5.92. The predicted molar refractivity (Wildman–Crippen MR) is 98.2 cm³/mol. The highest BCUT2D eigenvalue weighted by atomic mass is 16.6. The first-order valence-electron chi connectivity index (χ1n) is 8.71. The van der Waals surface area contributed by atoms with E-state index in [9.17, 15) is 14.4 Å². The first-order valence-corrected chi connectivity index (χ1v) is 8.71. The van der Waals surface area contributed by atoms with Gasteiger partial charge in [0.2, 0.25) is 11.9 Å². The summed E-state index contributed by atoms with van der Waals surface area (Å²) in [7, 11) is 0. The molecule has 27 heavy (non-hydrogen) atoms. The summed E-state index contributed by atoms with van der Waals surface area (Å²) in [4.78, 5) is 37.4. The first-order chi connectivity index (χ1) is 13.1. The number of hydrogen-bond acceptors (Lipinski definition) is 5. The summed E-state index contributed by atoms with van der Waals surface area (Å²) in [5.74, 6) is -1.49. The first kappa shape index (κ1) is 17.0. The van der Waals surface area contributed by atoms with Crippen LogP contribution in [0, 0.1) is 0 Å². The standard InChI is InChI=1S/C21H17NO5/c23-16-12-18(26-17-9-5-4-8-15(16)17)21(25)27-19(13-6-2-1-3-7-13)20(24)22-14-10-11-14/h1-9,12,14,19H,10-11H2,(H,22,24)/t19-/m0/s1. The summed E-state index contributed by atoms with van der Waals surface area (Å²) >= 11 is 0. The molecule has 6 heteroatoms. The molecule has 2 aromatic carbocycles. The van der Waals surface area contributed by atoms with E-state index in [0.29, 0.717) is 10.9 Å². The number of carbonyl (C=O) groups excluding carboxylic acids is 2. The topological polar surface area (TPSA) is 85.6 Å². The zero-order valence-corrected chi connectivity index (χ0v) is 14.4. The summed E-state index contributed by atoms with van der Waals surface area (Å²) in [6, 6.07) is 16.6. The van der Waals surface area contributed by atoms with Gasteiger partial charge in [-0.2, -0.15) is 0 Å². The van der Waals surface area contributed by atoms with Crippen LogP contribution in [0.5, 0.6) is 0 Å². The van der Waals surface area contributed by atoms with Crippen LogP contribution in [0.3, 0.4) is 0 Å². The Bertz CT molecular complexity index is 1050. The Hall–Kier alpha value is -3.41. The van der Waals surface area contributed by atoms with Gasteiger partial charge in [0.25, 0.3) is 5.91 Å². The van der Waals surface area contributed by atoms with E-state index in [1.165, 1.54) is 0 Å². The molecule has 0 saturated heterocycles. The van der Waals surface area contributed by atoms with Crippen LogP contribution in [0.1, 0.15) is 35.1 Å². The van der Waals surface area contributed by atoms with Crippen molar-refractivity contribution >= 4 is 22.8 Å². The SMILES string of the molecule is O=C(O[C@H](C(=O)NC1CC1)c1ccccc1)c1cc(=O)c2ccccc2o1. The number of para-hydroxylation sites is 1. The molecule has 1 N–H and O–H groups in total. The maximum Gasteiger partial charge on any atom is 0.375 e.